The maximum absolute atomic E-state index is 14.5. The number of phenolic OH excluding ortho intramolecular Hbond substituents is 1. The van der Waals surface area contributed by atoms with Crippen LogP contribution >= 0.6 is 11.6 Å². The summed E-state index contributed by atoms with van der Waals surface area (Å²) in [7, 11) is 0. The molecule has 2 aliphatic rings. The molecular weight excluding hydrogens is 451 g/mol. The summed E-state index contributed by atoms with van der Waals surface area (Å²) in [6.07, 6.45) is 0.533. The molecule has 0 unspecified atom stereocenters. The quantitative estimate of drug-likeness (QED) is 0.589. The van der Waals surface area contributed by atoms with E-state index in [9.17, 15) is 24.2 Å². The number of carbonyl (C=O) groups excluding carboxylic acids is 1. The minimum Gasteiger partial charge on any atom is -0.507 e. The van der Waals surface area contributed by atoms with Crippen molar-refractivity contribution in [1.82, 2.24) is 9.88 Å². The molecule has 5 rings (SSSR count). The van der Waals surface area contributed by atoms with Crippen molar-refractivity contribution in [2.45, 2.75) is 13.0 Å². The molecule has 1 fully saturated rings. The van der Waals surface area contributed by atoms with Crippen LogP contribution in [-0.2, 0) is 4.79 Å². The Morgan fingerprint density at radius 3 is 2.79 bits per heavy atom. The number of pyridine rings is 1. The van der Waals surface area contributed by atoms with Crippen LogP contribution in [0.5, 0.6) is 5.75 Å². The largest absolute Gasteiger partial charge is 0.507 e. The van der Waals surface area contributed by atoms with Gasteiger partial charge in [0.25, 0.3) is 5.91 Å². The lowest BCUT2D eigenvalue weighted by atomic mass is 9.98. The third kappa shape index (κ3) is 3.22. The van der Waals surface area contributed by atoms with Gasteiger partial charge in [-0.1, -0.05) is 17.7 Å². The molecule has 10 heteroatoms. The Morgan fingerprint density at radius 1 is 1.30 bits per heavy atom. The number of aromatic hydroxyl groups is 1. The maximum Gasteiger partial charge on any atom is 0.407 e. The topological polar surface area (TPSA) is 97.2 Å². The number of anilines is 2. The zero-order chi connectivity index (χ0) is 23.4. The Hall–Kier alpha value is -3.59. The zero-order valence-corrected chi connectivity index (χ0v) is 18.4. The van der Waals surface area contributed by atoms with Gasteiger partial charge >= 0.3 is 6.09 Å². The molecule has 2 N–H and O–H groups in total. The number of halogens is 2. The molecule has 0 aliphatic carbocycles. The SMILES string of the molecule is CCN1C(=O)[C@H]2CN(C(=O)O)CCN2c2c1cnc1cc(-c3c(O)cccc3F)c(Cl)cc21. The van der Waals surface area contributed by atoms with Crippen molar-refractivity contribution in [3.63, 3.8) is 0 Å². The van der Waals surface area contributed by atoms with Crippen LogP contribution in [0.15, 0.2) is 36.5 Å². The van der Waals surface area contributed by atoms with E-state index in [4.69, 9.17) is 11.6 Å². The van der Waals surface area contributed by atoms with Crippen molar-refractivity contribution in [2.24, 2.45) is 0 Å². The Kier molecular flexibility index (Phi) is 5.01. The first-order valence-electron chi connectivity index (χ1n) is 10.5. The molecule has 1 atom stereocenters. The monoisotopic (exact) mass is 470 g/mol. The summed E-state index contributed by atoms with van der Waals surface area (Å²) >= 11 is 6.57. The number of likely N-dealkylation sites (N-methyl/N-ethyl adjacent to an activating group) is 1. The summed E-state index contributed by atoms with van der Waals surface area (Å²) in [5.74, 6) is -1.03. The van der Waals surface area contributed by atoms with E-state index in [1.54, 1.807) is 23.2 Å². The zero-order valence-electron chi connectivity index (χ0n) is 17.6. The van der Waals surface area contributed by atoms with Crippen molar-refractivity contribution < 1.29 is 24.2 Å². The summed E-state index contributed by atoms with van der Waals surface area (Å²) in [6.45, 7) is 2.88. The predicted molar refractivity (Wildman–Crippen MR) is 123 cm³/mol. The second kappa shape index (κ2) is 7.77. The second-order valence-electron chi connectivity index (χ2n) is 8.00. The van der Waals surface area contributed by atoms with Crippen LogP contribution in [0.3, 0.4) is 0 Å². The first-order valence-corrected chi connectivity index (χ1v) is 10.9. The van der Waals surface area contributed by atoms with Gasteiger partial charge in [-0.05, 0) is 31.2 Å². The minimum absolute atomic E-state index is 0.0118. The van der Waals surface area contributed by atoms with Gasteiger partial charge in [-0.3, -0.25) is 9.78 Å². The van der Waals surface area contributed by atoms with Crippen molar-refractivity contribution in [3.05, 3.63) is 47.4 Å². The predicted octanol–water partition coefficient (Wildman–Crippen LogP) is 3.94. The van der Waals surface area contributed by atoms with Gasteiger partial charge in [0.05, 0.1) is 35.2 Å². The van der Waals surface area contributed by atoms with E-state index in [0.717, 1.165) is 5.69 Å². The fourth-order valence-corrected chi connectivity index (χ4v) is 4.98. The van der Waals surface area contributed by atoms with Crippen molar-refractivity contribution in [2.75, 3.05) is 36.0 Å². The molecule has 170 valence electrons. The van der Waals surface area contributed by atoms with Crippen LogP contribution in [0.1, 0.15) is 6.92 Å². The smallest absolute Gasteiger partial charge is 0.407 e. The number of fused-ring (bicyclic) bond motifs is 5. The molecule has 1 saturated heterocycles. The summed E-state index contributed by atoms with van der Waals surface area (Å²) < 4.78 is 14.5. The minimum atomic E-state index is -1.06. The summed E-state index contributed by atoms with van der Waals surface area (Å²) in [6, 6.07) is 6.65. The van der Waals surface area contributed by atoms with Gasteiger partial charge in [-0.15, -0.1) is 0 Å². The molecule has 33 heavy (non-hydrogen) atoms. The maximum atomic E-state index is 14.5. The standard InChI is InChI=1S/C23H20ClFN4O4/c1-2-28-17-10-26-16-9-12(20-15(25)4-3-5-19(20)30)14(24)8-13(16)21(17)29-7-6-27(23(32)33)11-18(29)22(28)31/h3-5,8-10,18,30H,2,6-7,11H2,1H3,(H,32,33)/t18-/m1/s1. The van der Waals surface area contributed by atoms with Gasteiger partial charge in [-0.2, -0.15) is 0 Å². The van der Waals surface area contributed by atoms with Gasteiger partial charge < -0.3 is 24.9 Å². The van der Waals surface area contributed by atoms with Gasteiger partial charge in [0.1, 0.15) is 17.6 Å². The number of carbonyl (C=O) groups is 2. The lowest BCUT2D eigenvalue weighted by Gasteiger charge is -2.47. The second-order valence-corrected chi connectivity index (χ2v) is 8.40. The Bertz CT molecular complexity index is 1300. The Labute approximate surface area is 193 Å². The van der Waals surface area contributed by atoms with E-state index in [1.165, 1.54) is 23.1 Å². The average Bonchev–Trinajstić information content (AvgIpc) is 2.79. The summed E-state index contributed by atoms with van der Waals surface area (Å²) in [4.78, 5) is 34.0. The molecule has 2 amide bonds. The first kappa shape index (κ1) is 21.3. The number of rotatable bonds is 2. The van der Waals surface area contributed by atoms with Gasteiger partial charge in [-0.25, -0.2) is 9.18 Å². The number of aromatic nitrogens is 1. The third-order valence-electron chi connectivity index (χ3n) is 6.27. The lowest BCUT2D eigenvalue weighted by Crippen LogP contribution is -2.63. The molecule has 0 bridgehead atoms. The normalized spacial score (nSPS) is 17.8. The molecule has 0 saturated carbocycles. The highest BCUT2D eigenvalue weighted by molar-refractivity contribution is 6.34. The van der Waals surface area contributed by atoms with Gasteiger partial charge in [0.2, 0.25) is 0 Å². The van der Waals surface area contributed by atoms with Crippen LogP contribution in [0, 0.1) is 5.82 Å². The fraction of sp³-hybridized carbons (Fsp3) is 0.261. The van der Waals surface area contributed by atoms with Crippen LogP contribution < -0.4 is 9.80 Å². The van der Waals surface area contributed by atoms with E-state index >= 15 is 0 Å². The number of benzene rings is 2. The molecule has 2 aromatic carbocycles. The van der Waals surface area contributed by atoms with Crippen molar-refractivity contribution in [1.29, 1.82) is 0 Å². The lowest BCUT2D eigenvalue weighted by molar-refractivity contribution is -0.120. The van der Waals surface area contributed by atoms with Crippen LogP contribution in [0.25, 0.3) is 22.0 Å². The van der Waals surface area contributed by atoms with Crippen molar-refractivity contribution >= 4 is 45.9 Å². The summed E-state index contributed by atoms with van der Waals surface area (Å²) in [5, 5.41) is 20.5. The highest BCUT2D eigenvalue weighted by Gasteiger charge is 2.43. The fourth-order valence-electron chi connectivity index (χ4n) is 4.72. The van der Waals surface area contributed by atoms with E-state index in [-0.39, 0.29) is 35.3 Å². The van der Waals surface area contributed by atoms with Gasteiger partial charge in [0, 0.05) is 35.6 Å². The highest BCUT2D eigenvalue weighted by atomic mass is 35.5. The molecule has 3 aromatic rings. The average molecular weight is 471 g/mol. The number of nitrogens with zero attached hydrogens (tertiary/aromatic N) is 4. The molecule has 0 spiro atoms. The molecule has 1 aromatic heterocycles. The number of piperazine rings is 1. The first-order chi connectivity index (χ1) is 15.8. The van der Waals surface area contributed by atoms with Gasteiger partial charge in [0.15, 0.2) is 0 Å². The third-order valence-corrected chi connectivity index (χ3v) is 6.58. The molecule has 8 nitrogen and oxygen atoms in total. The Morgan fingerprint density at radius 2 is 2.09 bits per heavy atom. The molecular formula is C23H20ClFN4O4. The van der Waals surface area contributed by atoms with Crippen molar-refractivity contribution in [3.8, 4) is 16.9 Å². The van der Waals surface area contributed by atoms with Crippen LogP contribution in [0.4, 0.5) is 20.6 Å². The molecule has 2 aliphatic heterocycles. The van der Waals surface area contributed by atoms with E-state index in [2.05, 4.69) is 4.98 Å². The number of carboxylic acid groups (broad SMARTS) is 1. The summed E-state index contributed by atoms with van der Waals surface area (Å²) in [5.41, 5.74) is 2.16. The Balaban J connectivity index is 1.71. The highest BCUT2D eigenvalue weighted by Crippen LogP contribution is 2.45. The number of hydrogen-bond donors (Lipinski definition) is 2. The van der Waals surface area contributed by atoms with E-state index < -0.39 is 18.0 Å². The number of hydrogen-bond acceptors (Lipinski definition) is 5. The molecule has 0 radical (unpaired) electrons. The van der Waals surface area contributed by atoms with Crippen LogP contribution in [-0.4, -0.2) is 64.3 Å². The van der Waals surface area contributed by atoms with E-state index in [0.29, 0.717) is 35.2 Å². The number of amides is 2. The van der Waals surface area contributed by atoms with E-state index in [1.807, 2.05) is 11.8 Å². The number of phenols is 1. The molecule has 3 heterocycles. The van der Waals surface area contributed by atoms with Crippen LogP contribution in [0.2, 0.25) is 5.02 Å².